The predicted octanol–water partition coefficient (Wildman–Crippen LogP) is 4.04. The molecule has 1 aromatic carbocycles. The normalized spacial score (nSPS) is 8.50. The van der Waals surface area contributed by atoms with Crippen molar-refractivity contribution in [2.75, 3.05) is 0 Å². The van der Waals surface area contributed by atoms with Crippen molar-refractivity contribution in [3.8, 4) is 5.40 Å². The number of nitrogens with zero attached hydrogens (tertiary/aromatic N) is 3. The first-order valence-corrected chi connectivity index (χ1v) is 5.73. The summed E-state index contributed by atoms with van der Waals surface area (Å²) in [4.78, 5) is 8.50. The highest BCUT2D eigenvalue weighted by Crippen LogP contribution is 2.39. The molecule has 0 amide bonds. The summed E-state index contributed by atoms with van der Waals surface area (Å²) < 4.78 is 0. The predicted molar refractivity (Wildman–Crippen MR) is 72.0 cm³/mol. The van der Waals surface area contributed by atoms with Gasteiger partial charge in [0, 0.05) is 0 Å². The second-order valence-corrected chi connectivity index (χ2v) is 3.84. The molecule has 0 unspecified atom stereocenters. The Labute approximate surface area is 108 Å². The fourth-order valence-electron chi connectivity index (χ4n) is 1.13. The minimum absolute atomic E-state index is 0.513. The summed E-state index contributed by atoms with van der Waals surface area (Å²) in [5, 5.41) is 15.3. The van der Waals surface area contributed by atoms with Gasteiger partial charge < -0.3 is 0 Å². The van der Waals surface area contributed by atoms with Gasteiger partial charge in [0.05, 0.1) is 15.2 Å². The summed E-state index contributed by atoms with van der Waals surface area (Å²) in [6.07, 6.45) is 0. The molecule has 0 spiro atoms. The zero-order chi connectivity index (χ0) is 12.0. The van der Waals surface area contributed by atoms with E-state index in [4.69, 9.17) is 5.26 Å². The Morgan fingerprint density at radius 2 is 1.94 bits per heavy atom. The summed E-state index contributed by atoms with van der Waals surface area (Å²) in [6.45, 7) is 1.88. The summed E-state index contributed by atoms with van der Waals surface area (Å²) in [5.74, 6) is 0. The van der Waals surface area contributed by atoms with Crippen LogP contribution in [0.5, 0.6) is 0 Å². The Hall–Kier alpha value is -1.34. The van der Waals surface area contributed by atoms with Crippen molar-refractivity contribution in [2.24, 2.45) is 9.98 Å². The molecule has 0 aliphatic rings. The van der Waals surface area contributed by atoms with Gasteiger partial charge in [-0.1, -0.05) is 6.07 Å². The lowest BCUT2D eigenvalue weighted by atomic mass is 10.2. The number of hydrogen-bond acceptors (Lipinski definition) is 6. The van der Waals surface area contributed by atoms with Gasteiger partial charge in [0.15, 0.2) is 0 Å². The van der Waals surface area contributed by atoms with Crippen LogP contribution in [0.25, 0.3) is 0 Å². The molecule has 0 aromatic heterocycles. The molecule has 1 rings (SSSR count). The molecule has 78 valence electrons. The number of hydrogen-bond donors (Lipinski definition) is 0. The SMILES string of the molecule is Cc1ccc(N=C=S)c(N=C=S)c1SC#N. The molecule has 0 atom stereocenters. The van der Waals surface area contributed by atoms with Crippen LogP contribution in [0.2, 0.25) is 0 Å². The summed E-state index contributed by atoms with van der Waals surface area (Å²) in [6, 6.07) is 3.59. The molecular weight excluding hydrogens is 258 g/mol. The molecule has 0 heterocycles. The summed E-state index contributed by atoms with van der Waals surface area (Å²) >= 11 is 10.1. The number of nitriles is 1. The highest BCUT2D eigenvalue weighted by molar-refractivity contribution is 8.04. The number of rotatable bonds is 3. The van der Waals surface area contributed by atoms with Crippen LogP contribution in [0.4, 0.5) is 11.4 Å². The first kappa shape index (κ1) is 12.7. The molecule has 0 radical (unpaired) electrons. The van der Waals surface area contributed by atoms with Gasteiger partial charge in [-0.3, -0.25) is 0 Å². The first-order chi connectivity index (χ1) is 7.74. The number of benzene rings is 1. The van der Waals surface area contributed by atoms with Gasteiger partial charge in [-0.15, -0.1) is 0 Å². The van der Waals surface area contributed by atoms with Crippen LogP contribution in [-0.2, 0) is 0 Å². The number of aliphatic imine (C=N–C) groups is 2. The van der Waals surface area contributed by atoms with Crippen LogP contribution in [0.15, 0.2) is 27.0 Å². The summed E-state index contributed by atoms with van der Waals surface area (Å²) in [5.41, 5.74) is 1.98. The lowest BCUT2D eigenvalue weighted by Gasteiger charge is -2.05. The van der Waals surface area contributed by atoms with E-state index in [1.165, 1.54) is 0 Å². The standard InChI is InChI=1S/C10H5N3S3/c1-7-2-3-8(12-5-14)9(13-6-15)10(7)16-4-11/h2-3H,1H3. The third-order valence-electron chi connectivity index (χ3n) is 1.78. The minimum atomic E-state index is 0.513. The Balaban J connectivity index is 3.55. The first-order valence-electron chi connectivity index (χ1n) is 4.10. The van der Waals surface area contributed by atoms with Crippen molar-refractivity contribution < 1.29 is 0 Å². The van der Waals surface area contributed by atoms with E-state index in [0.29, 0.717) is 16.3 Å². The van der Waals surface area contributed by atoms with E-state index in [2.05, 4.69) is 44.7 Å². The van der Waals surface area contributed by atoms with Gasteiger partial charge in [-0.2, -0.15) is 15.2 Å². The number of thiocarbonyl (C=S) groups is 2. The molecule has 0 bridgehead atoms. The van der Waals surface area contributed by atoms with E-state index < -0.39 is 0 Å². The third-order valence-corrected chi connectivity index (χ3v) is 2.77. The largest absolute Gasteiger partial charge is 0.192 e. The number of thioether (sulfide) groups is 1. The third kappa shape index (κ3) is 2.83. The maximum absolute atomic E-state index is 8.72. The van der Waals surface area contributed by atoms with Gasteiger partial charge in [0.25, 0.3) is 0 Å². The van der Waals surface area contributed by atoms with Crippen LogP contribution in [0.1, 0.15) is 5.56 Å². The molecule has 3 nitrogen and oxygen atoms in total. The highest BCUT2D eigenvalue weighted by Gasteiger charge is 2.10. The average Bonchev–Trinajstić information content (AvgIpc) is 2.27. The molecule has 0 aliphatic heterocycles. The molecule has 0 saturated carbocycles. The van der Waals surface area contributed by atoms with Gasteiger partial charge in [-0.05, 0) is 54.8 Å². The fraction of sp³-hybridized carbons (Fsp3) is 0.100. The molecule has 16 heavy (non-hydrogen) atoms. The van der Waals surface area contributed by atoms with Crippen molar-refractivity contribution in [2.45, 2.75) is 11.8 Å². The van der Waals surface area contributed by atoms with E-state index in [9.17, 15) is 0 Å². The average molecular weight is 263 g/mol. The molecule has 0 aliphatic carbocycles. The van der Waals surface area contributed by atoms with Crippen LogP contribution < -0.4 is 0 Å². The molecule has 0 fully saturated rings. The lowest BCUT2D eigenvalue weighted by molar-refractivity contribution is 1.27. The highest BCUT2D eigenvalue weighted by atomic mass is 32.2. The van der Waals surface area contributed by atoms with Gasteiger partial charge in [0.1, 0.15) is 16.8 Å². The van der Waals surface area contributed by atoms with E-state index >= 15 is 0 Å². The van der Waals surface area contributed by atoms with Crippen molar-refractivity contribution >= 4 is 57.9 Å². The van der Waals surface area contributed by atoms with E-state index in [1.807, 2.05) is 18.4 Å². The van der Waals surface area contributed by atoms with Gasteiger partial charge >= 0.3 is 0 Å². The van der Waals surface area contributed by atoms with Crippen LogP contribution in [0.3, 0.4) is 0 Å². The van der Waals surface area contributed by atoms with Crippen molar-refractivity contribution in [1.82, 2.24) is 0 Å². The monoisotopic (exact) mass is 263 g/mol. The minimum Gasteiger partial charge on any atom is -0.192 e. The molecular formula is C10H5N3S3. The zero-order valence-corrected chi connectivity index (χ0v) is 10.7. The summed E-state index contributed by atoms with van der Waals surface area (Å²) in [7, 11) is 0. The topological polar surface area (TPSA) is 48.5 Å². The van der Waals surface area contributed by atoms with Gasteiger partial charge in [0.2, 0.25) is 0 Å². The van der Waals surface area contributed by atoms with Crippen molar-refractivity contribution in [1.29, 1.82) is 5.26 Å². The quantitative estimate of drug-likeness (QED) is 0.357. The van der Waals surface area contributed by atoms with Crippen LogP contribution in [-0.4, -0.2) is 10.3 Å². The van der Waals surface area contributed by atoms with E-state index in [1.54, 1.807) is 6.07 Å². The van der Waals surface area contributed by atoms with Gasteiger partial charge in [-0.25, -0.2) is 0 Å². The van der Waals surface area contributed by atoms with Crippen molar-refractivity contribution in [3.05, 3.63) is 17.7 Å². The smallest absolute Gasteiger partial charge is 0.138 e. The van der Waals surface area contributed by atoms with E-state index in [-0.39, 0.29) is 0 Å². The fourth-order valence-corrected chi connectivity index (χ4v) is 1.89. The maximum Gasteiger partial charge on any atom is 0.138 e. The zero-order valence-electron chi connectivity index (χ0n) is 8.22. The molecule has 6 heteroatoms. The maximum atomic E-state index is 8.72. The Morgan fingerprint density at radius 3 is 2.50 bits per heavy atom. The Kier molecular flexibility index (Phi) is 5.00. The number of aryl methyl sites for hydroxylation is 1. The molecule has 0 saturated heterocycles. The second-order valence-electron chi connectivity index (χ2n) is 2.68. The second kappa shape index (κ2) is 6.29. The molecule has 1 aromatic rings. The Morgan fingerprint density at radius 1 is 1.25 bits per heavy atom. The van der Waals surface area contributed by atoms with Crippen molar-refractivity contribution in [3.63, 3.8) is 0 Å². The van der Waals surface area contributed by atoms with Crippen LogP contribution in [0, 0.1) is 17.6 Å². The van der Waals surface area contributed by atoms with Crippen LogP contribution >= 0.6 is 36.2 Å². The molecule has 0 N–H and O–H groups in total. The number of isothiocyanates is 2. The number of thiocyanates is 1. The Bertz CT molecular complexity index is 547. The lowest BCUT2D eigenvalue weighted by Crippen LogP contribution is -1.80. The van der Waals surface area contributed by atoms with E-state index in [0.717, 1.165) is 17.3 Å².